The van der Waals surface area contributed by atoms with Crippen molar-refractivity contribution in [3.8, 4) is 5.75 Å². The lowest BCUT2D eigenvalue weighted by Crippen LogP contribution is -2.36. The number of likely N-dealkylation sites (tertiary alicyclic amines) is 1. The Morgan fingerprint density at radius 2 is 2.00 bits per heavy atom. The molecule has 5 heteroatoms. The molecule has 1 aliphatic heterocycles. The molecule has 0 saturated carbocycles. The molecule has 112 valence electrons. The fourth-order valence-corrected chi connectivity index (χ4v) is 3.07. The van der Waals surface area contributed by atoms with Gasteiger partial charge in [0.15, 0.2) is 0 Å². The summed E-state index contributed by atoms with van der Waals surface area (Å²) in [5.41, 5.74) is 5.61. The Bertz CT molecular complexity index is 420. The standard InChI is InChI=1S/C15H22Cl2N2O/c16-13-1-2-15(14(17)11-13)20-10-9-19-7-4-12(3-6-18)5-8-19/h1-2,11-12H,3-10,18H2. The maximum Gasteiger partial charge on any atom is 0.138 e. The summed E-state index contributed by atoms with van der Waals surface area (Å²) >= 11 is 11.9. The number of benzene rings is 1. The van der Waals surface area contributed by atoms with Crippen LogP contribution in [-0.4, -0.2) is 37.7 Å². The van der Waals surface area contributed by atoms with Gasteiger partial charge in [-0.25, -0.2) is 0 Å². The minimum absolute atomic E-state index is 0.569. The minimum atomic E-state index is 0.569. The zero-order valence-corrected chi connectivity index (χ0v) is 13.2. The van der Waals surface area contributed by atoms with Crippen molar-refractivity contribution < 1.29 is 4.74 Å². The Balaban J connectivity index is 1.69. The number of rotatable bonds is 6. The summed E-state index contributed by atoms with van der Waals surface area (Å²) in [4.78, 5) is 2.44. The molecule has 1 heterocycles. The summed E-state index contributed by atoms with van der Waals surface area (Å²) in [6, 6.07) is 5.32. The van der Waals surface area contributed by atoms with E-state index >= 15 is 0 Å². The molecule has 1 aromatic carbocycles. The van der Waals surface area contributed by atoms with Crippen molar-refractivity contribution in [1.82, 2.24) is 4.90 Å². The maximum atomic E-state index is 6.07. The minimum Gasteiger partial charge on any atom is -0.491 e. The molecule has 0 amide bonds. The van der Waals surface area contributed by atoms with Crippen LogP contribution in [0.3, 0.4) is 0 Å². The maximum absolute atomic E-state index is 6.07. The summed E-state index contributed by atoms with van der Waals surface area (Å²) in [6.07, 6.45) is 3.66. The predicted octanol–water partition coefficient (Wildman–Crippen LogP) is 3.43. The normalized spacial score (nSPS) is 17.4. The highest BCUT2D eigenvalue weighted by atomic mass is 35.5. The molecule has 0 unspecified atom stereocenters. The van der Waals surface area contributed by atoms with Gasteiger partial charge in [-0.15, -0.1) is 0 Å². The summed E-state index contributed by atoms with van der Waals surface area (Å²) in [5.74, 6) is 1.51. The monoisotopic (exact) mass is 316 g/mol. The van der Waals surface area contributed by atoms with Crippen LogP contribution in [0.5, 0.6) is 5.75 Å². The van der Waals surface area contributed by atoms with Gasteiger partial charge >= 0.3 is 0 Å². The first-order valence-electron chi connectivity index (χ1n) is 7.19. The van der Waals surface area contributed by atoms with Gasteiger partial charge in [-0.1, -0.05) is 23.2 Å². The molecule has 0 aliphatic carbocycles. The lowest BCUT2D eigenvalue weighted by atomic mass is 9.94. The number of hydrogen-bond donors (Lipinski definition) is 1. The molecule has 0 spiro atoms. The topological polar surface area (TPSA) is 38.5 Å². The van der Waals surface area contributed by atoms with Crippen LogP contribution in [0.1, 0.15) is 19.3 Å². The second kappa shape index (κ2) is 8.08. The molecule has 2 N–H and O–H groups in total. The van der Waals surface area contributed by atoms with Crippen molar-refractivity contribution in [2.75, 3.05) is 32.8 Å². The van der Waals surface area contributed by atoms with Gasteiger partial charge in [-0.2, -0.15) is 0 Å². The zero-order chi connectivity index (χ0) is 14.4. The van der Waals surface area contributed by atoms with Crippen LogP contribution in [-0.2, 0) is 0 Å². The number of ether oxygens (including phenoxy) is 1. The van der Waals surface area contributed by atoms with Gasteiger partial charge in [0.2, 0.25) is 0 Å². The third-order valence-electron chi connectivity index (χ3n) is 3.84. The first-order chi connectivity index (χ1) is 9.69. The Morgan fingerprint density at radius 1 is 1.25 bits per heavy atom. The van der Waals surface area contributed by atoms with E-state index in [9.17, 15) is 0 Å². The molecule has 20 heavy (non-hydrogen) atoms. The third-order valence-corrected chi connectivity index (χ3v) is 4.37. The van der Waals surface area contributed by atoms with Crippen LogP contribution < -0.4 is 10.5 Å². The van der Waals surface area contributed by atoms with E-state index in [0.717, 1.165) is 38.5 Å². The lowest BCUT2D eigenvalue weighted by Gasteiger charge is -2.31. The Morgan fingerprint density at radius 3 is 2.65 bits per heavy atom. The largest absolute Gasteiger partial charge is 0.491 e. The Labute approximate surface area is 131 Å². The molecule has 1 fully saturated rings. The Hall–Kier alpha value is -0.480. The fourth-order valence-electron chi connectivity index (χ4n) is 2.61. The van der Waals surface area contributed by atoms with Crippen molar-refractivity contribution in [1.29, 1.82) is 0 Å². The van der Waals surface area contributed by atoms with Gasteiger partial charge < -0.3 is 10.5 Å². The summed E-state index contributed by atoms with van der Waals surface area (Å²) in [5, 5.41) is 1.20. The van der Waals surface area contributed by atoms with Crippen LogP contribution in [0.2, 0.25) is 10.0 Å². The van der Waals surface area contributed by atoms with E-state index in [2.05, 4.69) is 4.90 Å². The average Bonchev–Trinajstić information content (AvgIpc) is 2.43. The van der Waals surface area contributed by atoms with Gasteiger partial charge in [0.1, 0.15) is 12.4 Å². The van der Waals surface area contributed by atoms with Crippen LogP contribution in [0.4, 0.5) is 0 Å². The van der Waals surface area contributed by atoms with E-state index in [1.807, 2.05) is 6.07 Å². The average molecular weight is 317 g/mol. The number of nitrogens with two attached hydrogens (primary N) is 1. The first-order valence-corrected chi connectivity index (χ1v) is 7.95. The SMILES string of the molecule is NCCC1CCN(CCOc2ccc(Cl)cc2Cl)CC1. The van der Waals surface area contributed by atoms with E-state index in [-0.39, 0.29) is 0 Å². The van der Waals surface area contributed by atoms with E-state index in [1.165, 1.54) is 12.8 Å². The van der Waals surface area contributed by atoms with Gasteiger partial charge in [-0.05, 0) is 63.0 Å². The summed E-state index contributed by atoms with van der Waals surface area (Å²) < 4.78 is 5.72. The molecule has 1 aromatic rings. The highest BCUT2D eigenvalue weighted by Gasteiger charge is 2.18. The molecule has 0 atom stereocenters. The quantitative estimate of drug-likeness (QED) is 0.873. The molecule has 2 rings (SSSR count). The molecular weight excluding hydrogens is 295 g/mol. The second-order valence-corrected chi connectivity index (χ2v) is 6.13. The van der Waals surface area contributed by atoms with E-state index in [0.29, 0.717) is 22.4 Å². The highest BCUT2D eigenvalue weighted by molar-refractivity contribution is 6.35. The second-order valence-electron chi connectivity index (χ2n) is 5.29. The summed E-state index contributed by atoms with van der Waals surface area (Å²) in [6.45, 7) is 4.69. The third kappa shape index (κ3) is 4.81. The van der Waals surface area contributed by atoms with Crippen molar-refractivity contribution in [3.05, 3.63) is 28.2 Å². The van der Waals surface area contributed by atoms with Crippen LogP contribution in [0, 0.1) is 5.92 Å². The van der Waals surface area contributed by atoms with Crippen LogP contribution >= 0.6 is 23.2 Å². The van der Waals surface area contributed by atoms with Crippen molar-refractivity contribution in [2.24, 2.45) is 11.7 Å². The molecule has 0 bridgehead atoms. The van der Waals surface area contributed by atoms with E-state index in [4.69, 9.17) is 33.7 Å². The predicted molar refractivity (Wildman–Crippen MR) is 84.8 cm³/mol. The van der Waals surface area contributed by atoms with Crippen molar-refractivity contribution >= 4 is 23.2 Å². The molecule has 1 saturated heterocycles. The van der Waals surface area contributed by atoms with Gasteiger partial charge in [0.05, 0.1) is 5.02 Å². The molecule has 0 radical (unpaired) electrons. The van der Waals surface area contributed by atoms with Crippen molar-refractivity contribution in [3.63, 3.8) is 0 Å². The number of nitrogens with zero attached hydrogens (tertiary/aromatic N) is 1. The van der Waals surface area contributed by atoms with Crippen LogP contribution in [0.15, 0.2) is 18.2 Å². The molecule has 3 nitrogen and oxygen atoms in total. The molecular formula is C15H22Cl2N2O. The van der Waals surface area contributed by atoms with Crippen molar-refractivity contribution in [2.45, 2.75) is 19.3 Å². The molecule has 0 aromatic heterocycles. The fraction of sp³-hybridized carbons (Fsp3) is 0.600. The van der Waals surface area contributed by atoms with E-state index < -0.39 is 0 Å². The summed E-state index contributed by atoms with van der Waals surface area (Å²) in [7, 11) is 0. The number of halogens is 2. The molecule has 1 aliphatic rings. The number of hydrogen-bond acceptors (Lipinski definition) is 3. The lowest BCUT2D eigenvalue weighted by molar-refractivity contribution is 0.152. The first kappa shape index (κ1) is 15.9. The highest BCUT2D eigenvalue weighted by Crippen LogP contribution is 2.27. The van der Waals surface area contributed by atoms with Crippen LogP contribution in [0.25, 0.3) is 0 Å². The zero-order valence-electron chi connectivity index (χ0n) is 11.7. The van der Waals surface area contributed by atoms with E-state index in [1.54, 1.807) is 12.1 Å². The van der Waals surface area contributed by atoms with Gasteiger partial charge in [-0.3, -0.25) is 4.90 Å². The van der Waals surface area contributed by atoms with Gasteiger partial charge in [0, 0.05) is 11.6 Å². The Kier molecular flexibility index (Phi) is 6.43. The van der Waals surface area contributed by atoms with Gasteiger partial charge in [0.25, 0.3) is 0 Å². The smallest absolute Gasteiger partial charge is 0.138 e. The number of piperidine rings is 1.